The molecule has 1 aliphatic heterocycles. The molecule has 23 heavy (non-hydrogen) atoms. The second-order valence-electron chi connectivity index (χ2n) is 5.70. The van der Waals surface area contributed by atoms with Crippen molar-refractivity contribution in [3.8, 4) is 0 Å². The minimum Gasteiger partial charge on any atom is -0.389 e. The number of aromatic amines is 1. The van der Waals surface area contributed by atoms with Gasteiger partial charge in [-0.1, -0.05) is 12.2 Å². The Labute approximate surface area is 142 Å². The highest BCUT2D eigenvalue weighted by Crippen LogP contribution is 2.39. The second-order valence-corrected chi connectivity index (χ2v) is 7.22. The van der Waals surface area contributed by atoms with Crippen molar-refractivity contribution in [2.45, 2.75) is 44.3 Å². The number of thiocarbonyl (C=S) groups is 1. The minimum absolute atomic E-state index is 0.0316. The summed E-state index contributed by atoms with van der Waals surface area (Å²) >= 11 is 6.55. The predicted octanol–water partition coefficient (Wildman–Crippen LogP) is -0.0227. The van der Waals surface area contributed by atoms with Crippen LogP contribution in [0.3, 0.4) is 0 Å². The molecule has 4 atom stereocenters. The van der Waals surface area contributed by atoms with Gasteiger partial charge in [0.15, 0.2) is 0 Å². The molecule has 1 aliphatic rings. The first-order chi connectivity index (χ1) is 10.7. The number of nitrogens with zero attached hydrogens (tertiary/aromatic N) is 1. The number of hydrogen-bond donors (Lipinski definition) is 3. The summed E-state index contributed by atoms with van der Waals surface area (Å²) in [5.41, 5.74) is -2.26. The third-order valence-corrected chi connectivity index (χ3v) is 5.04. The van der Waals surface area contributed by atoms with Crippen molar-refractivity contribution >= 4 is 28.8 Å². The molecule has 0 aromatic carbocycles. The smallest absolute Gasteiger partial charge is 0.330 e. The molecule has 3 N–H and O–H groups in total. The van der Waals surface area contributed by atoms with Gasteiger partial charge in [-0.3, -0.25) is 14.3 Å². The fraction of sp³-hybridized carbons (Fsp3) is 0.643. The lowest BCUT2D eigenvalue weighted by atomic mass is 9.89. The third-order valence-electron chi connectivity index (χ3n) is 4.01. The summed E-state index contributed by atoms with van der Waals surface area (Å²) in [5, 5.41) is 21.1. The summed E-state index contributed by atoms with van der Waals surface area (Å²) in [5.74, 6) is 0.363. The largest absolute Gasteiger partial charge is 0.389 e. The van der Waals surface area contributed by atoms with E-state index in [0.717, 1.165) is 0 Å². The predicted molar refractivity (Wildman–Crippen MR) is 92.2 cm³/mol. The van der Waals surface area contributed by atoms with E-state index in [2.05, 4.69) is 4.98 Å². The van der Waals surface area contributed by atoms with Crippen molar-refractivity contribution in [1.82, 2.24) is 9.55 Å². The van der Waals surface area contributed by atoms with E-state index in [1.165, 1.54) is 22.5 Å². The number of thioether (sulfide) groups is 1. The standard InChI is InChI=1S/C14H20N2O5S2/c1-7-5-16(13(19)15-12(7)18)10-4-14(20,8(2)22)11(21-10)9(17)6-23-3/h5,9-11,17,20H,4,6H2,1-3H3,(H,15,18,19)/t9?,10-,11-,14-/m1/s1. The summed E-state index contributed by atoms with van der Waals surface area (Å²) < 4.78 is 6.97. The highest BCUT2D eigenvalue weighted by atomic mass is 32.2. The molecule has 128 valence electrons. The maximum Gasteiger partial charge on any atom is 0.330 e. The van der Waals surface area contributed by atoms with Crippen LogP contribution in [0, 0.1) is 6.92 Å². The number of aryl methyl sites for hydroxylation is 1. The monoisotopic (exact) mass is 360 g/mol. The maximum atomic E-state index is 12.0. The summed E-state index contributed by atoms with van der Waals surface area (Å²) in [6.45, 7) is 3.15. The van der Waals surface area contributed by atoms with Crippen LogP contribution >= 0.6 is 24.0 Å². The average Bonchev–Trinajstić information content (AvgIpc) is 2.82. The summed E-state index contributed by atoms with van der Waals surface area (Å²) in [7, 11) is 0. The number of aliphatic hydroxyl groups excluding tert-OH is 1. The fourth-order valence-electron chi connectivity index (χ4n) is 2.69. The van der Waals surface area contributed by atoms with Crippen molar-refractivity contribution in [3.63, 3.8) is 0 Å². The highest BCUT2D eigenvalue weighted by molar-refractivity contribution is 7.98. The molecular formula is C14H20N2O5S2. The van der Waals surface area contributed by atoms with Gasteiger partial charge >= 0.3 is 5.69 Å². The van der Waals surface area contributed by atoms with Crippen molar-refractivity contribution in [3.05, 3.63) is 32.6 Å². The molecule has 0 aliphatic carbocycles. The average molecular weight is 360 g/mol. The molecule has 1 aromatic heterocycles. The molecule has 2 heterocycles. The highest BCUT2D eigenvalue weighted by Gasteiger charge is 2.52. The van der Waals surface area contributed by atoms with Gasteiger partial charge in [-0.05, 0) is 20.1 Å². The van der Waals surface area contributed by atoms with Crippen molar-refractivity contribution in [2.75, 3.05) is 12.0 Å². The van der Waals surface area contributed by atoms with Gasteiger partial charge in [0.25, 0.3) is 5.56 Å². The first-order valence-corrected chi connectivity index (χ1v) is 8.89. The molecular weight excluding hydrogens is 340 g/mol. The van der Waals surface area contributed by atoms with Gasteiger partial charge in [-0.2, -0.15) is 11.8 Å². The van der Waals surface area contributed by atoms with Gasteiger partial charge in [-0.25, -0.2) is 4.79 Å². The Morgan fingerprint density at radius 2 is 2.30 bits per heavy atom. The Bertz CT molecular complexity index is 716. The number of H-pyrrole nitrogens is 1. The van der Waals surface area contributed by atoms with E-state index in [0.29, 0.717) is 16.2 Å². The Kier molecular flexibility index (Phi) is 5.47. The van der Waals surface area contributed by atoms with Crippen LogP contribution < -0.4 is 11.2 Å². The molecule has 7 nitrogen and oxygen atoms in total. The molecule has 9 heteroatoms. The van der Waals surface area contributed by atoms with Gasteiger partial charge in [0.2, 0.25) is 0 Å². The summed E-state index contributed by atoms with van der Waals surface area (Å²) in [6, 6.07) is 0. The first-order valence-electron chi connectivity index (χ1n) is 7.08. The maximum absolute atomic E-state index is 12.0. The second kappa shape index (κ2) is 6.86. The SMILES string of the molecule is CSCC(O)[C@H]1O[C@@H](n2cc(C)c(=O)[nH]c2=O)C[C@@]1(O)C(C)=S. The summed E-state index contributed by atoms with van der Waals surface area (Å²) in [6.07, 6.45) is 0.559. The molecule has 0 amide bonds. The number of ether oxygens (including phenoxy) is 1. The van der Waals surface area contributed by atoms with Gasteiger partial charge < -0.3 is 14.9 Å². The molecule has 2 rings (SSSR count). The number of aromatic nitrogens is 2. The lowest BCUT2D eigenvalue weighted by Gasteiger charge is -2.30. The Balaban J connectivity index is 2.41. The van der Waals surface area contributed by atoms with E-state index < -0.39 is 35.3 Å². The van der Waals surface area contributed by atoms with Crippen molar-refractivity contribution in [2.24, 2.45) is 0 Å². The zero-order valence-corrected chi connectivity index (χ0v) is 14.7. The lowest BCUT2D eigenvalue weighted by molar-refractivity contribution is -0.0884. The van der Waals surface area contributed by atoms with Gasteiger partial charge in [-0.15, -0.1) is 0 Å². The van der Waals surface area contributed by atoms with Crippen LogP contribution in [0.1, 0.15) is 25.1 Å². The minimum atomic E-state index is -1.52. The zero-order valence-electron chi connectivity index (χ0n) is 13.1. The molecule has 1 fully saturated rings. The van der Waals surface area contributed by atoms with E-state index >= 15 is 0 Å². The number of nitrogens with one attached hydrogen (secondary N) is 1. The van der Waals surface area contributed by atoms with Gasteiger partial charge in [0, 0.05) is 28.8 Å². The van der Waals surface area contributed by atoms with E-state index in [4.69, 9.17) is 17.0 Å². The Hall–Kier alpha value is -1.00. The van der Waals surface area contributed by atoms with Crippen LogP contribution in [-0.4, -0.2) is 54.4 Å². The van der Waals surface area contributed by atoms with Crippen LogP contribution in [0.15, 0.2) is 15.8 Å². The topological polar surface area (TPSA) is 105 Å². The van der Waals surface area contributed by atoms with E-state index in [1.54, 1.807) is 13.8 Å². The quantitative estimate of drug-likeness (QED) is 0.634. The van der Waals surface area contributed by atoms with Crippen molar-refractivity contribution in [1.29, 1.82) is 0 Å². The Morgan fingerprint density at radius 3 is 2.87 bits per heavy atom. The van der Waals surface area contributed by atoms with Crippen LogP contribution in [0.4, 0.5) is 0 Å². The van der Waals surface area contributed by atoms with E-state index in [1.807, 2.05) is 6.26 Å². The number of hydrogen-bond acceptors (Lipinski definition) is 7. The van der Waals surface area contributed by atoms with Gasteiger partial charge in [0.1, 0.15) is 17.9 Å². The van der Waals surface area contributed by atoms with Crippen LogP contribution in [0.2, 0.25) is 0 Å². The summed E-state index contributed by atoms with van der Waals surface area (Å²) in [4.78, 5) is 26.0. The third kappa shape index (κ3) is 3.43. The van der Waals surface area contributed by atoms with Crippen LogP contribution in [0.25, 0.3) is 0 Å². The van der Waals surface area contributed by atoms with E-state index in [-0.39, 0.29) is 6.42 Å². The normalized spacial score (nSPS) is 28.7. The Morgan fingerprint density at radius 1 is 1.65 bits per heavy atom. The first kappa shape index (κ1) is 18.3. The molecule has 0 bridgehead atoms. The van der Waals surface area contributed by atoms with Crippen molar-refractivity contribution < 1.29 is 14.9 Å². The van der Waals surface area contributed by atoms with Crippen LogP contribution in [-0.2, 0) is 4.74 Å². The lowest BCUT2D eigenvalue weighted by Crippen LogP contribution is -2.50. The fourth-order valence-corrected chi connectivity index (χ4v) is 3.40. The molecule has 0 spiro atoms. The number of rotatable bonds is 5. The van der Waals surface area contributed by atoms with E-state index in [9.17, 15) is 19.8 Å². The molecule has 0 radical (unpaired) electrons. The molecule has 1 unspecified atom stereocenters. The van der Waals surface area contributed by atoms with Crippen LogP contribution in [0.5, 0.6) is 0 Å². The molecule has 1 aromatic rings. The number of aliphatic hydroxyl groups is 2. The molecule has 1 saturated heterocycles. The molecule has 0 saturated carbocycles. The van der Waals surface area contributed by atoms with Gasteiger partial charge in [0.05, 0.1) is 6.10 Å². The zero-order chi connectivity index (χ0) is 17.4.